The van der Waals surface area contributed by atoms with Gasteiger partial charge in [0.1, 0.15) is 0 Å². The molecule has 3 aromatic rings. The van der Waals surface area contributed by atoms with Gasteiger partial charge in [0, 0.05) is 35.3 Å². The van der Waals surface area contributed by atoms with E-state index >= 15 is 0 Å². The predicted octanol–water partition coefficient (Wildman–Crippen LogP) is 3.79. The van der Waals surface area contributed by atoms with Gasteiger partial charge in [-0.25, -0.2) is 4.98 Å². The van der Waals surface area contributed by atoms with Crippen molar-refractivity contribution in [3.8, 4) is 11.3 Å². The number of nitrogens with zero attached hydrogens (tertiary/aromatic N) is 2. The molecular weight excluding hydrogens is 280 g/mol. The van der Waals surface area contributed by atoms with Crippen LogP contribution in [0, 0.1) is 6.92 Å². The summed E-state index contributed by atoms with van der Waals surface area (Å²) in [4.78, 5) is 8.70. The Morgan fingerprint density at radius 3 is 2.76 bits per heavy atom. The van der Waals surface area contributed by atoms with Crippen molar-refractivity contribution >= 4 is 11.3 Å². The second kappa shape index (κ2) is 6.16. The number of aromatic nitrogens is 2. The number of aliphatic hydroxyl groups excluding tert-OH is 1. The Morgan fingerprint density at radius 1 is 1.19 bits per heavy atom. The smallest absolute Gasteiger partial charge is 0.0961 e. The van der Waals surface area contributed by atoms with Crippen molar-refractivity contribution in [2.75, 3.05) is 0 Å². The largest absolute Gasteiger partial charge is 0.388 e. The summed E-state index contributed by atoms with van der Waals surface area (Å²) in [6.07, 6.45) is 3.42. The van der Waals surface area contributed by atoms with Gasteiger partial charge in [-0.15, -0.1) is 11.3 Å². The minimum atomic E-state index is -0.562. The molecule has 1 atom stereocenters. The number of pyridine rings is 1. The summed E-state index contributed by atoms with van der Waals surface area (Å²) in [5, 5.41) is 13.3. The summed E-state index contributed by atoms with van der Waals surface area (Å²) in [6.45, 7) is 1.98. The summed E-state index contributed by atoms with van der Waals surface area (Å²) < 4.78 is 0. The van der Waals surface area contributed by atoms with Crippen molar-refractivity contribution in [3.05, 3.63) is 70.3 Å². The molecule has 0 radical (unpaired) electrons. The van der Waals surface area contributed by atoms with Crippen LogP contribution in [0.15, 0.2) is 54.2 Å². The van der Waals surface area contributed by atoms with E-state index in [1.54, 1.807) is 23.7 Å². The van der Waals surface area contributed by atoms with Crippen LogP contribution in [0.4, 0.5) is 0 Å². The molecule has 2 aromatic heterocycles. The number of aliphatic hydroxyl groups is 1. The fourth-order valence-corrected chi connectivity index (χ4v) is 3.09. The highest BCUT2D eigenvalue weighted by Gasteiger charge is 2.14. The minimum absolute atomic E-state index is 0.518. The van der Waals surface area contributed by atoms with Gasteiger partial charge in [0.05, 0.1) is 16.8 Å². The molecule has 0 aliphatic rings. The lowest BCUT2D eigenvalue weighted by molar-refractivity contribution is 0.177. The first kappa shape index (κ1) is 13.9. The Balaban J connectivity index is 1.77. The molecule has 0 spiro atoms. The van der Waals surface area contributed by atoms with E-state index in [4.69, 9.17) is 0 Å². The fraction of sp³-hybridized carbons (Fsp3) is 0.176. The third-order valence-corrected chi connectivity index (χ3v) is 4.30. The van der Waals surface area contributed by atoms with Crippen LogP contribution in [0.2, 0.25) is 0 Å². The van der Waals surface area contributed by atoms with E-state index in [1.807, 2.05) is 48.7 Å². The molecule has 1 N–H and O–H groups in total. The zero-order valence-corrected chi connectivity index (χ0v) is 12.5. The van der Waals surface area contributed by atoms with Crippen LogP contribution in [-0.2, 0) is 6.42 Å². The normalized spacial score (nSPS) is 12.3. The van der Waals surface area contributed by atoms with E-state index in [1.165, 1.54) is 0 Å². The molecule has 4 heteroatoms. The highest BCUT2D eigenvalue weighted by molar-refractivity contribution is 7.09. The zero-order valence-electron chi connectivity index (χ0n) is 11.7. The van der Waals surface area contributed by atoms with Gasteiger partial charge in [0.2, 0.25) is 0 Å². The monoisotopic (exact) mass is 296 g/mol. The molecule has 2 heterocycles. The Morgan fingerprint density at radius 2 is 2.00 bits per heavy atom. The number of hydrogen-bond donors (Lipinski definition) is 1. The van der Waals surface area contributed by atoms with Gasteiger partial charge >= 0.3 is 0 Å². The second-order valence-electron chi connectivity index (χ2n) is 4.94. The lowest BCUT2D eigenvalue weighted by Crippen LogP contribution is -2.04. The fourth-order valence-electron chi connectivity index (χ4n) is 2.25. The summed E-state index contributed by atoms with van der Waals surface area (Å²) in [7, 11) is 0. The molecule has 1 unspecified atom stereocenters. The van der Waals surface area contributed by atoms with E-state index in [2.05, 4.69) is 9.97 Å². The predicted molar refractivity (Wildman–Crippen MR) is 85.2 cm³/mol. The van der Waals surface area contributed by atoms with Crippen molar-refractivity contribution in [1.29, 1.82) is 0 Å². The SMILES string of the molecule is Cc1ccncc1C(O)Cc1nc(-c2ccccc2)cs1. The second-order valence-corrected chi connectivity index (χ2v) is 5.89. The van der Waals surface area contributed by atoms with Crippen molar-refractivity contribution in [2.45, 2.75) is 19.4 Å². The number of thiazole rings is 1. The Labute approximate surface area is 128 Å². The van der Waals surface area contributed by atoms with Crippen LogP contribution in [0.5, 0.6) is 0 Å². The van der Waals surface area contributed by atoms with Crippen LogP contribution < -0.4 is 0 Å². The molecule has 0 fully saturated rings. The van der Waals surface area contributed by atoms with Gasteiger partial charge in [0.25, 0.3) is 0 Å². The molecular formula is C17H16N2OS. The van der Waals surface area contributed by atoms with E-state index < -0.39 is 6.10 Å². The first-order chi connectivity index (χ1) is 10.2. The average molecular weight is 296 g/mol. The van der Waals surface area contributed by atoms with Gasteiger partial charge < -0.3 is 5.11 Å². The molecule has 106 valence electrons. The Bertz CT molecular complexity index is 724. The third kappa shape index (κ3) is 3.17. The third-order valence-electron chi connectivity index (χ3n) is 3.43. The van der Waals surface area contributed by atoms with E-state index in [9.17, 15) is 5.11 Å². The summed E-state index contributed by atoms with van der Waals surface area (Å²) >= 11 is 1.58. The van der Waals surface area contributed by atoms with Crippen LogP contribution in [0.25, 0.3) is 11.3 Å². The van der Waals surface area contributed by atoms with Crippen LogP contribution in [0.1, 0.15) is 22.2 Å². The molecule has 0 amide bonds. The van der Waals surface area contributed by atoms with Crippen LogP contribution in [0.3, 0.4) is 0 Å². The van der Waals surface area contributed by atoms with Gasteiger partial charge in [-0.2, -0.15) is 0 Å². The topological polar surface area (TPSA) is 46.0 Å². The van der Waals surface area contributed by atoms with Gasteiger partial charge in [-0.3, -0.25) is 4.98 Å². The molecule has 21 heavy (non-hydrogen) atoms. The summed E-state index contributed by atoms with van der Waals surface area (Å²) in [5.41, 5.74) is 3.99. The lowest BCUT2D eigenvalue weighted by atomic mass is 10.0. The standard InChI is InChI=1S/C17H16N2OS/c1-12-7-8-18-10-14(12)16(20)9-17-19-15(11-21-17)13-5-3-2-4-6-13/h2-8,10-11,16,20H,9H2,1H3. The number of benzene rings is 1. The Kier molecular flexibility index (Phi) is 4.08. The maximum Gasteiger partial charge on any atom is 0.0961 e. The first-order valence-electron chi connectivity index (χ1n) is 6.82. The molecule has 0 saturated carbocycles. The maximum absolute atomic E-state index is 10.4. The molecule has 3 nitrogen and oxygen atoms in total. The van der Waals surface area contributed by atoms with E-state index in [-0.39, 0.29) is 0 Å². The average Bonchev–Trinajstić information content (AvgIpc) is 2.97. The molecule has 3 rings (SSSR count). The number of aryl methyl sites for hydroxylation is 1. The van der Waals surface area contributed by atoms with Gasteiger partial charge in [-0.1, -0.05) is 30.3 Å². The van der Waals surface area contributed by atoms with Crippen LogP contribution >= 0.6 is 11.3 Å². The molecule has 0 aliphatic heterocycles. The molecule has 1 aromatic carbocycles. The van der Waals surface area contributed by atoms with E-state index in [0.29, 0.717) is 6.42 Å². The van der Waals surface area contributed by atoms with Gasteiger partial charge in [-0.05, 0) is 18.6 Å². The molecule has 0 aliphatic carbocycles. The maximum atomic E-state index is 10.4. The van der Waals surface area contributed by atoms with Gasteiger partial charge in [0.15, 0.2) is 0 Å². The number of rotatable bonds is 4. The van der Waals surface area contributed by atoms with E-state index in [0.717, 1.165) is 27.4 Å². The quantitative estimate of drug-likeness (QED) is 0.796. The molecule has 0 saturated heterocycles. The van der Waals surface area contributed by atoms with Crippen LogP contribution in [-0.4, -0.2) is 15.1 Å². The lowest BCUT2D eigenvalue weighted by Gasteiger charge is -2.11. The minimum Gasteiger partial charge on any atom is -0.388 e. The van der Waals surface area contributed by atoms with Crippen molar-refractivity contribution in [2.24, 2.45) is 0 Å². The van der Waals surface area contributed by atoms with Crippen molar-refractivity contribution in [1.82, 2.24) is 9.97 Å². The van der Waals surface area contributed by atoms with Crippen molar-refractivity contribution < 1.29 is 5.11 Å². The highest BCUT2D eigenvalue weighted by Crippen LogP contribution is 2.26. The molecule has 0 bridgehead atoms. The highest BCUT2D eigenvalue weighted by atomic mass is 32.1. The summed E-state index contributed by atoms with van der Waals surface area (Å²) in [5.74, 6) is 0. The first-order valence-corrected chi connectivity index (χ1v) is 7.70. The number of hydrogen-bond acceptors (Lipinski definition) is 4. The zero-order chi connectivity index (χ0) is 14.7. The van der Waals surface area contributed by atoms with Crippen molar-refractivity contribution in [3.63, 3.8) is 0 Å². The summed E-state index contributed by atoms with van der Waals surface area (Å²) in [6, 6.07) is 12.0. The Hall–Kier alpha value is -2.04.